The maximum Gasteiger partial charge on any atom is 0.0599 e. The number of hydrogen-bond donors (Lipinski definition) is 2. The van der Waals surface area contributed by atoms with Crippen LogP contribution in [0.4, 0.5) is 5.69 Å². The highest BCUT2D eigenvalue weighted by Crippen LogP contribution is 2.29. The van der Waals surface area contributed by atoms with Gasteiger partial charge in [0.2, 0.25) is 0 Å². The topological polar surface area (TPSA) is 49.5 Å². The number of nitrogens with two attached hydrogens (primary N) is 1. The summed E-state index contributed by atoms with van der Waals surface area (Å²) in [4.78, 5) is 2.30. The lowest BCUT2D eigenvalue weighted by Gasteiger charge is -2.36. The Balaban J connectivity index is 2.20. The Morgan fingerprint density at radius 3 is 3.00 bits per heavy atom. The first kappa shape index (κ1) is 11.4. The zero-order chi connectivity index (χ0) is 11.5. The summed E-state index contributed by atoms with van der Waals surface area (Å²) in [7, 11) is 0. The van der Waals surface area contributed by atoms with Gasteiger partial charge >= 0.3 is 0 Å². The quantitative estimate of drug-likeness (QED) is 0.799. The first-order valence-corrected chi connectivity index (χ1v) is 5.90. The molecule has 1 aromatic carbocycles. The zero-order valence-electron chi connectivity index (χ0n) is 9.76. The number of para-hydroxylation sites is 1. The first-order valence-electron chi connectivity index (χ1n) is 5.90. The predicted octanol–water partition coefficient (Wildman–Crippen LogP) is 1.00. The van der Waals surface area contributed by atoms with Crippen molar-refractivity contribution in [3.8, 4) is 0 Å². The van der Waals surface area contributed by atoms with E-state index in [-0.39, 0.29) is 12.6 Å². The van der Waals surface area contributed by atoms with Crippen molar-refractivity contribution in [1.29, 1.82) is 0 Å². The second-order valence-corrected chi connectivity index (χ2v) is 4.79. The van der Waals surface area contributed by atoms with Gasteiger partial charge in [-0.2, -0.15) is 0 Å². The minimum absolute atomic E-state index is 0.0487. The summed E-state index contributed by atoms with van der Waals surface area (Å²) in [5.41, 5.74) is 8.49. The number of hydrogen-bond acceptors (Lipinski definition) is 3. The van der Waals surface area contributed by atoms with Crippen molar-refractivity contribution < 1.29 is 5.11 Å². The van der Waals surface area contributed by atoms with E-state index in [4.69, 9.17) is 10.8 Å². The van der Waals surface area contributed by atoms with Crippen molar-refractivity contribution in [1.82, 2.24) is 0 Å². The average molecular weight is 220 g/mol. The molecule has 1 aromatic rings. The molecule has 2 atom stereocenters. The molecule has 0 saturated heterocycles. The van der Waals surface area contributed by atoms with E-state index >= 15 is 0 Å². The Labute approximate surface area is 96.9 Å². The summed E-state index contributed by atoms with van der Waals surface area (Å²) in [6.45, 7) is 4.07. The van der Waals surface area contributed by atoms with Gasteiger partial charge in [-0.1, -0.05) is 25.1 Å². The van der Waals surface area contributed by atoms with Crippen LogP contribution in [-0.2, 0) is 6.42 Å². The van der Waals surface area contributed by atoms with Crippen LogP contribution in [0.1, 0.15) is 12.5 Å². The van der Waals surface area contributed by atoms with Crippen molar-refractivity contribution in [2.24, 2.45) is 11.7 Å². The molecule has 2 unspecified atom stereocenters. The van der Waals surface area contributed by atoms with Gasteiger partial charge in [0, 0.05) is 24.8 Å². The molecule has 3 nitrogen and oxygen atoms in total. The molecule has 3 N–H and O–H groups in total. The van der Waals surface area contributed by atoms with E-state index < -0.39 is 0 Å². The van der Waals surface area contributed by atoms with E-state index in [1.165, 1.54) is 11.3 Å². The molecule has 0 aliphatic carbocycles. The number of aliphatic hydroxyl groups excluding tert-OH is 1. The lowest BCUT2D eigenvalue weighted by atomic mass is 9.93. The fourth-order valence-corrected chi connectivity index (χ4v) is 2.42. The molecule has 0 saturated carbocycles. The molecule has 1 aliphatic heterocycles. The fourth-order valence-electron chi connectivity index (χ4n) is 2.42. The number of anilines is 1. The van der Waals surface area contributed by atoms with Gasteiger partial charge in [-0.15, -0.1) is 0 Å². The van der Waals surface area contributed by atoms with Gasteiger partial charge in [0.05, 0.1) is 6.61 Å². The third-order valence-electron chi connectivity index (χ3n) is 3.12. The van der Waals surface area contributed by atoms with Gasteiger partial charge in [-0.3, -0.25) is 0 Å². The third-order valence-corrected chi connectivity index (χ3v) is 3.12. The molecule has 2 rings (SSSR count). The van der Waals surface area contributed by atoms with Crippen LogP contribution >= 0.6 is 0 Å². The molecular weight excluding hydrogens is 200 g/mol. The number of benzene rings is 1. The fraction of sp³-hybridized carbons (Fsp3) is 0.538. The standard InChI is InChI=1S/C13H20N2O/c1-10-6-11-4-2-3-5-13(11)15(7-10)8-12(14)9-16/h2-5,10,12,16H,6-9,14H2,1H3. The maximum atomic E-state index is 9.03. The molecule has 0 spiro atoms. The van der Waals surface area contributed by atoms with Crippen LogP contribution in [-0.4, -0.2) is 30.8 Å². The lowest BCUT2D eigenvalue weighted by Crippen LogP contribution is -2.44. The number of aliphatic hydroxyl groups is 1. The number of nitrogens with zero attached hydrogens (tertiary/aromatic N) is 1. The van der Waals surface area contributed by atoms with E-state index in [1.807, 2.05) is 0 Å². The minimum Gasteiger partial charge on any atom is -0.395 e. The Morgan fingerprint density at radius 1 is 1.50 bits per heavy atom. The SMILES string of the molecule is CC1Cc2ccccc2N(CC(N)CO)C1. The van der Waals surface area contributed by atoms with E-state index in [0.29, 0.717) is 5.92 Å². The van der Waals surface area contributed by atoms with Crippen molar-refractivity contribution in [2.75, 3.05) is 24.6 Å². The van der Waals surface area contributed by atoms with Crippen molar-refractivity contribution in [2.45, 2.75) is 19.4 Å². The highest BCUT2D eigenvalue weighted by atomic mass is 16.3. The predicted molar refractivity (Wildman–Crippen MR) is 66.6 cm³/mol. The Hall–Kier alpha value is -1.06. The summed E-state index contributed by atoms with van der Waals surface area (Å²) in [6, 6.07) is 8.32. The largest absolute Gasteiger partial charge is 0.395 e. The normalized spacial score (nSPS) is 21.7. The Kier molecular flexibility index (Phi) is 3.46. The number of rotatable bonds is 3. The van der Waals surface area contributed by atoms with Crippen LogP contribution in [0.2, 0.25) is 0 Å². The molecular formula is C13H20N2O. The van der Waals surface area contributed by atoms with Gasteiger partial charge in [-0.05, 0) is 24.0 Å². The Morgan fingerprint density at radius 2 is 2.25 bits per heavy atom. The molecule has 0 aromatic heterocycles. The summed E-state index contributed by atoms with van der Waals surface area (Å²) in [5.74, 6) is 0.654. The molecule has 0 bridgehead atoms. The summed E-state index contributed by atoms with van der Waals surface area (Å²) in [6.07, 6.45) is 1.14. The van der Waals surface area contributed by atoms with E-state index in [0.717, 1.165) is 19.5 Å². The van der Waals surface area contributed by atoms with E-state index in [1.54, 1.807) is 0 Å². The third kappa shape index (κ3) is 2.36. The Bertz CT molecular complexity index is 354. The van der Waals surface area contributed by atoms with Crippen LogP contribution in [0.5, 0.6) is 0 Å². The van der Waals surface area contributed by atoms with Crippen molar-refractivity contribution in [3.05, 3.63) is 29.8 Å². The lowest BCUT2D eigenvalue weighted by molar-refractivity contribution is 0.265. The van der Waals surface area contributed by atoms with Gasteiger partial charge in [0.15, 0.2) is 0 Å². The molecule has 0 fully saturated rings. The molecule has 0 radical (unpaired) electrons. The van der Waals surface area contributed by atoms with Crippen LogP contribution < -0.4 is 10.6 Å². The van der Waals surface area contributed by atoms with Gasteiger partial charge < -0.3 is 15.7 Å². The van der Waals surface area contributed by atoms with Crippen LogP contribution in [0.15, 0.2) is 24.3 Å². The van der Waals surface area contributed by atoms with Crippen LogP contribution in [0.3, 0.4) is 0 Å². The summed E-state index contributed by atoms with van der Waals surface area (Å²) in [5, 5.41) is 9.03. The highest BCUT2D eigenvalue weighted by Gasteiger charge is 2.22. The minimum atomic E-state index is -0.154. The summed E-state index contributed by atoms with van der Waals surface area (Å²) < 4.78 is 0. The molecule has 16 heavy (non-hydrogen) atoms. The monoisotopic (exact) mass is 220 g/mol. The second-order valence-electron chi connectivity index (χ2n) is 4.79. The van der Waals surface area contributed by atoms with Gasteiger partial charge in [0.25, 0.3) is 0 Å². The molecule has 88 valence electrons. The molecule has 3 heteroatoms. The number of fused-ring (bicyclic) bond motifs is 1. The highest BCUT2D eigenvalue weighted by molar-refractivity contribution is 5.55. The van der Waals surface area contributed by atoms with Crippen molar-refractivity contribution in [3.63, 3.8) is 0 Å². The van der Waals surface area contributed by atoms with Crippen LogP contribution in [0.25, 0.3) is 0 Å². The molecule has 1 aliphatic rings. The van der Waals surface area contributed by atoms with Gasteiger partial charge in [0.1, 0.15) is 0 Å². The van der Waals surface area contributed by atoms with E-state index in [2.05, 4.69) is 36.1 Å². The average Bonchev–Trinajstić information content (AvgIpc) is 2.28. The molecule has 0 amide bonds. The van der Waals surface area contributed by atoms with Gasteiger partial charge in [-0.25, -0.2) is 0 Å². The zero-order valence-corrected chi connectivity index (χ0v) is 9.76. The van der Waals surface area contributed by atoms with E-state index in [9.17, 15) is 0 Å². The smallest absolute Gasteiger partial charge is 0.0599 e. The maximum absolute atomic E-state index is 9.03. The molecule has 1 heterocycles. The van der Waals surface area contributed by atoms with Crippen molar-refractivity contribution >= 4 is 5.69 Å². The second kappa shape index (κ2) is 4.85. The van der Waals surface area contributed by atoms with Crippen LogP contribution in [0, 0.1) is 5.92 Å². The summed E-state index contributed by atoms with van der Waals surface area (Å²) >= 11 is 0. The first-order chi connectivity index (χ1) is 7.70.